The molecule has 0 aliphatic carbocycles. The van der Waals surface area contributed by atoms with Gasteiger partial charge in [0, 0.05) is 0 Å². The first kappa shape index (κ1) is 36.9. The van der Waals surface area contributed by atoms with Crippen molar-refractivity contribution in [2.45, 2.75) is 0 Å². The molecule has 0 bridgehead atoms. The molecule has 0 aliphatic heterocycles. The average molecular weight is 615 g/mol. The average Bonchev–Trinajstić information content (AvgIpc) is 1.41. The van der Waals surface area contributed by atoms with Gasteiger partial charge in [-0.3, -0.25) is 12.6 Å². The van der Waals surface area contributed by atoms with E-state index in [4.69, 9.17) is 39.9 Å². The van der Waals surface area contributed by atoms with Crippen molar-refractivity contribution < 1.29 is 79.4 Å². The smallest absolute Gasteiger partial charge is 0.780 e. The summed E-state index contributed by atoms with van der Waals surface area (Å²) in [5, 5.41) is 0. The Morgan fingerprint density at radius 3 is 0.611 bits per heavy atom. The molecular weight excluding hydrogens is 611 g/mol. The van der Waals surface area contributed by atoms with Crippen molar-refractivity contribution in [1.29, 1.82) is 0 Å². The second-order valence-electron chi connectivity index (χ2n) is 1.22. The molecule has 0 spiro atoms. The second-order valence-corrected chi connectivity index (χ2v) is 7.35. The molecule has 18 heavy (non-hydrogen) atoms. The number of quaternary nitrogens is 1. The van der Waals surface area contributed by atoms with Gasteiger partial charge in [-0.2, -0.15) is 0 Å². The number of hydrogen-bond donors (Lipinski definition) is 1. The number of hydrogen-bond acceptors (Lipinski definition) is 12. The van der Waals surface area contributed by atoms with Gasteiger partial charge in [-0.05, 0) is 33.6 Å². The van der Waals surface area contributed by atoms with E-state index in [0.717, 1.165) is 0 Å². The van der Waals surface area contributed by atoms with Crippen LogP contribution < -0.4 is 6.15 Å². The van der Waals surface area contributed by atoms with Crippen LogP contribution in [0.1, 0.15) is 0 Å². The van der Waals surface area contributed by atoms with Crippen LogP contribution in [0.2, 0.25) is 0 Å². The van der Waals surface area contributed by atoms with Gasteiger partial charge in [0.05, 0.1) is 0 Å². The van der Waals surface area contributed by atoms with E-state index in [1.54, 1.807) is 0 Å². The molecule has 10 nitrogen and oxygen atoms in total. The van der Waals surface area contributed by atoms with Crippen molar-refractivity contribution in [3.63, 3.8) is 0 Å². The van der Waals surface area contributed by atoms with Crippen molar-refractivity contribution in [1.82, 2.24) is 6.15 Å². The second kappa shape index (κ2) is 15.5. The van der Waals surface area contributed by atoms with E-state index in [9.17, 15) is 0 Å². The van der Waals surface area contributed by atoms with Crippen LogP contribution in [0.3, 0.4) is 0 Å². The summed E-state index contributed by atoms with van der Waals surface area (Å²) < 4.78 is 80.0. The normalized spacial score (nSPS) is 9.67. The van der Waals surface area contributed by atoms with Gasteiger partial charge in [0.25, 0.3) is 0 Å². The van der Waals surface area contributed by atoms with Gasteiger partial charge in [0.15, 0.2) is 0 Å². The van der Waals surface area contributed by atoms with E-state index in [1.807, 2.05) is 0 Å². The summed E-state index contributed by atoms with van der Waals surface area (Å²) in [5.74, 6) is 0. The quantitative estimate of drug-likeness (QED) is 0.276. The zero-order chi connectivity index (χ0) is 13.5. The minimum atomic E-state index is -4.33. The molecule has 0 rings (SSSR count). The van der Waals surface area contributed by atoms with Crippen molar-refractivity contribution in [2.75, 3.05) is 0 Å². The third-order valence-electron chi connectivity index (χ3n) is 0. The fourth-order valence-corrected chi connectivity index (χ4v) is 0. The van der Waals surface area contributed by atoms with E-state index in [1.165, 1.54) is 0 Å². The van der Waals surface area contributed by atoms with Crippen molar-refractivity contribution in [3.05, 3.63) is 0 Å². The Morgan fingerprint density at radius 1 is 0.611 bits per heavy atom. The van der Waals surface area contributed by atoms with Crippen LogP contribution in [0.5, 0.6) is 0 Å². The molecule has 0 saturated carbocycles. The third kappa shape index (κ3) is 1210. The predicted octanol–water partition coefficient (Wildman–Crippen LogP) is -2.65. The molecule has 0 saturated heterocycles. The van der Waals surface area contributed by atoms with Crippen LogP contribution in [0.15, 0.2) is 0 Å². The maximum absolute atomic E-state index is 8.89. The van der Waals surface area contributed by atoms with Gasteiger partial charge in [-0.1, -0.05) is 0 Å². The molecule has 0 aromatic heterocycles. The Bertz CT molecular complexity index is 352. The Hall–Kier alpha value is 2.09. The summed E-state index contributed by atoms with van der Waals surface area (Å²) in [6, 6.07) is 0. The Labute approximate surface area is 145 Å². The van der Waals surface area contributed by atoms with Crippen molar-refractivity contribution in [3.8, 4) is 0 Å². The van der Waals surface area contributed by atoms with Gasteiger partial charge in [0.1, 0.15) is 0 Å². The molecule has 1 radical (unpaired) electrons. The molecule has 4 N–H and O–H groups in total. The maximum Gasteiger partial charge on any atom is 3.00 e. The first-order chi connectivity index (χ1) is 6.00. The third-order valence-corrected chi connectivity index (χ3v) is 0. The fourth-order valence-electron chi connectivity index (χ4n) is 0. The first-order valence-electron chi connectivity index (χ1n) is 2.00. The maximum atomic E-state index is 8.89. The molecule has 121 valence electrons. The topological polar surface area (TPSA) is 226 Å². The minimum absolute atomic E-state index is 0. The molecule has 0 fully saturated rings. The zero-order valence-corrected chi connectivity index (χ0v) is 15.7. The van der Waals surface area contributed by atoms with Crippen molar-refractivity contribution >= 4 is 60.7 Å². The zero-order valence-electron chi connectivity index (χ0n) is 7.73. The SMILES string of the molecule is O=S([O-])([O-])=S.O=S([O-])([O-])=S.O=S([O-])([O-])=S.[Au+3].[Cu+2].[NH4+]. The monoisotopic (exact) mass is 614 g/mol. The standard InChI is InChI=1S/Au.Cu.H3N.3H2O3S2/c;;;3*1-5(2,3)4/h;;1H3;3*(H2,1,2,3,4)/q+3;+2;;;;/p-5. The van der Waals surface area contributed by atoms with Crippen LogP contribution in [0.4, 0.5) is 0 Å². The van der Waals surface area contributed by atoms with Crippen LogP contribution in [0.25, 0.3) is 0 Å². The molecule has 0 aromatic carbocycles. The summed E-state index contributed by atoms with van der Waals surface area (Å²) >= 11 is 9.73. The molecule has 0 unspecified atom stereocenters. The van der Waals surface area contributed by atoms with E-state index < -0.39 is 27.2 Å². The summed E-state index contributed by atoms with van der Waals surface area (Å²) in [5.41, 5.74) is 0. The Kier molecular flexibility index (Phi) is 31.7. The van der Waals surface area contributed by atoms with Gasteiger partial charge >= 0.3 is 39.4 Å². The number of rotatable bonds is 0. The Morgan fingerprint density at radius 2 is 0.611 bits per heavy atom. The fraction of sp³-hybridized carbons (Fsp3) is 0. The van der Waals surface area contributed by atoms with Crippen LogP contribution in [-0.2, 0) is 100 Å². The molecular formula is H4AuCuNO9S6. The van der Waals surface area contributed by atoms with E-state index in [0.29, 0.717) is 0 Å². The van der Waals surface area contributed by atoms with Crippen LogP contribution in [-0.4, -0.2) is 39.9 Å². The summed E-state index contributed by atoms with van der Waals surface area (Å²) in [6.07, 6.45) is 0. The molecule has 0 heterocycles. The summed E-state index contributed by atoms with van der Waals surface area (Å²) in [6.45, 7) is 0. The van der Waals surface area contributed by atoms with Gasteiger partial charge in [-0.25, -0.2) is 0 Å². The minimum Gasteiger partial charge on any atom is -0.780 e. The molecule has 0 atom stereocenters. The van der Waals surface area contributed by atoms with Gasteiger partial charge < -0.3 is 33.5 Å². The van der Waals surface area contributed by atoms with Crippen LogP contribution in [0, 0.1) is 0 Å². The van der Waals surface area contributed by atoms with Gasteiger partial charge in [-0.15, -0.1) is 27.2 Å². The largest absolute Gasteiger partial charge is 3.00 e. The first-order valence-corrected chi connectivity index (χ1v) is 9.00. The summed E-state index contributed by atoms with van der Waals surface area (Å²) in [7, 11) is -13.0. The van der Waals surface area contributed by atoms with Crippen LogP contribution >= 0.6 is 0 Å². The molecule has 0 aromatic rings. The Balaban J connectivity index is -0.0000000277. The summed E-state index contributed by atoms with van der Waals surface area (Å²) in [4.78, 5) is 0. The van der Waals surface area contributed by atoms with Crippen molar-refractivity contribution in [2.24, 2.45) is 0 Å². The van der Waals surface area contributed by atoms with E-state index in [2.05, 4.69) is 33.6 Å². The van der Waals surface area contributed by atoms with E-state index >= 15 is 0 Å². The molecule has 0 amide bonds. The van der Waals surface area contributed by atoms with E-state index in [-0.39, 0.29) is 45.6 Å². The molecule has 18 heteroatoms. The molecule has 0 aliphatic rings. The van der Waals surface area contributed by atoms with Gasteiger partial charge in [0.2, 0.25) is 0 Å². The predicted molar refractivity (Wildman–Crippen MR) is 57.2 cm³/mol.